The highest BCUT2D eigenvalue weighted by atomic mass is 32.2. The highest BCUT2D eigenvalue weighted by molar-refractivity contribution is 7.99. The van der Waals surface area contributed by atoms with E-state index in [1.54, 1.807) is 23.9 Å². The number of rotatable bonds is 9. The molecule has 0 unspecified atom stereocenters. The molecular weight excluding hydrogens is 271 g/mol. The Kier molecular flexibility index (Phi) is 8.19. The first-order valence-corrected chi connectivity index (χ1v) is 8.42. The highest BCUT2D eigenvalue weighted by Gasteiger charge is 2.10. The predicted molar refractivity (Wildman–Crippen MR) is 86.9 cm³/mol. The van der Waals surface area contributed by atoms with E-state index >= 15 is 0 Å². The Morgan fingerprint density at radius 2 is 1.95 bits per heavy atom. The molecule has 20 heavy (non-hydrogen) atoms. The van der Waals surface area contributed by atoms with Crippen molar-refractivity contribution in [3.8, 4) is 0 Å². The Bertz CT molecular complexity index is 392. The van der Waals surface area contributed by atoms with Crippen molar-refractivity contribution in [1.82, 2.24) is 10.2 Å². The second-order valence-corrected chi connectivity index (χ2v) is 6.24. The van der Waals surface area contributed by atoms with Crippen LogP contribution in [0.15, 0.2) is 23.1 Å². The maximum Gasteiger partial charge on any atom is 0.137 e. The van der Waals surface area contributed by atoms with Gasteiger partial charge >= 0.3 is 0 Å². The first kappa shape index (κ1) is 17.5. The van der Waals surface area contributed by atoms with Crippen molar-refractivity contribution in [2.45, 2.75) is 45.2 Å². The van der Waals surface area contributed by atoms with Crippen LogP contribution in [0, 0.1) is 5.82 Å². The molecule has 2 nitrogen and oxygen atoms in total. The van der Waals surface area contributed by atoms with Crippen LogP contribution in [-0.4, -0.2) is 36.3 Å². The summed E-state index contributed by atoms with van der Waals surface area (Å²) < 4.78 is 14.0. The minimum atomic E-state index is -0.0994. The van der Waals surface area contributed by atoms with E-state index in [4.69, 9.17) is 0 Å². The Balaban J connectivity index is 2.62. The molecule has 0 atom stereocenters. The largest absolute Gasteiger partial charge is 0.310 e. The first-order valence-electron chi connectivity index (χ1n) is 7.44. The van der Waals surface area contributed by atoms with Gasteiger partial charge in [-0.05, 0) is 24.7 Å². The molecule has 4 heteroatoms. The van der Waals surface area contributed by atoms with Crippen molar-refractivity contribution < 1.29 is 4.39 Å². The molecule has 0 heterocycles. The Morgan fingerprint density at radius 3 is 2.55 bits per heavy atom. The standard InChI is InChI=1S/C16H27FN2S/c1-5-19(6-2)10-11-20-16-14(12-18-13(3)4)8-7-9-15(16)17/h7-9,13,18H,5-6,10-12H2,1-4H3. The number of thioether (sulfide) groups is 1. The monoisotopic (exact) mass is 298 g/mol. The number of benzene rings is 1. The maximum absolute atomic E-state index is 14.0. The van der Waals surface area contributed by atoms with Crippen LogP contribution < -0.4 is 5.32 Å². The molecule has 0 spiro atoms. The number of halogens is 1. The first-order chi connectivity index (χ1) is 9.58. The van der Waals surface area contributed by atoms with Crippen molar-refractivity contribution >= 4 is 11.8 Å². The quantitative estimate of drug-likeness (QED) is 0.699. The highest BCUT2D eigenvalue weighted by Crippen LogP contribution is 2.26. The van der Waals surface area contributed by atoms with Gasteiger partial charge in [-0.3, -0.25) is 0 Å². The lowest BCUT2D eigenvalue weighted by Gasteiger charge is -2.18. The van der Waals surface area contributed by atoms with Gasteiger partial charge < -0.3 is 10.2 Å². The molecule has 0 aliphatic rings. The van der Waals surface area contributed by atoms with Gasteiger partial charge in [-0.2, -0.15) is 0 Å². The normalized spacial score (nSPS) is 11.6. The van der Waals surface area contributed by atoms with Gasteiger partial charge in [0.15, 0.2) is 0 Å². The topological polar surface area (TPSA) is 15.3 Å². The minimum absolute atomic E-state index is 0.0994. The molecule has 0 aliphatic heterocycles. The number of nitrogens with zero attached hydrogens (tertiary/aromatic N) is 1. The maximum atomic E-state index is 14.0. The lowest BCUT2D eigenvalue weighted by Crippen LogP contribution is -2.25. The Labute approximate surface area is 127 Å². The summed E-state index contributed by atoms with van der Waals surface area (Å²) in [6.07, 6.45) is 0. The lowest BCUT2D eigenvalue weighted by atomic mass is 10.2. The minimum Gasteiger partial charge on any atom is -0.310 e. The van der Waals surface area contributed by atoms with Crippen LogP contribution in [0.1, 0.15) is 33.3 Å². The van der Waals surface area contributed by atoms with Crippen LogP contribution in [0.4, 0.5) is 4.39 Å². The van der Waals surface area contributed by atoms with Crippen molar-refractivity contribution in [1.29, 1.82) is 0 Å². The van der Waals surface area contributed by atoms with Crippen LogP contribution in [0.25, 0.3) is 0 Å². The molecule has 0 amide bonds. The van der Waals surface area contributed by atoms with Gasteiger partial charge in [0.1, 0.15) is 5.82 Å². The second-order valence-electron chi connectivity index (χ2n) is 5.14. The molecule has 0 saturated heterocycles. The summed E-state index contributed by atoms with van der Waals surface area (Å²) >= 11 is 1.63. The number of nitrogens with one attached hydrogen (secondary N) is 1. The zero-order chi connectivity index (χ0) is 15.0. The Hall–Kier alpha value is -0.580. The fourth-order valence-electron chi connectivity index (χ4n) is 1.99. The zero-order valence-electron chi connectivity index (χ0n) is 13.1. The molecule has 1 rings (SSSR count). The van der Waals surface area contributed by atoms with E-state index in [2.05, 4.69) is 37.9 Å². The van der Waals surface area contributed by atoms with E-state index in [9.17, 15) is 4.39 Å². The molecule has 0 fully saturated rings. The van der Waals surface area contributed by atoms with Crippen LogP contribution in [0.3, 0.4) is 0 Å². The van der Waals surface area contributed by atoms with Crippen LogP contribution in [0.5, 0.6) is 0 Å². The van der Waals surface area contributed by atoms with E-state index in [1.807, 2.05) is 6.07 Å². The number of hydrogen-bond donors (Lipinski definition) is 1. The van der Waals surface area contributed by atoms with E-state index in [0.29, 0.717) is 6.04 Å². The third kappa shape index (κ3) is 5.81. The van der Waals surface area contributed by atoms with E-state index in [0.717, 1.165) is 42.4 Å². The van der Waals surface area contributed by atoms with Crippen LogP contribution in [-0.2, 0) is 6.54 Å². The van der Waals surface area contributed by atoms with Crippen molar-refractivity contribution in [3.05, 3.63) is 29.6 Å². The fraction of sp³-hybridized carbons (Fsp3) is 0.625. The summed E-state index contributed by atoms with van der Waals surface area (Å²) in [6, 6.07) is 5.77. The second kappa shape index (κ2) is 9.37. The van der Waals surface area contributed by atoms with Crippen LogP contribution >= 0.6 is 11.8 Å². The van der Waals surface area contributed by atoms with E-state index in [1.165, 1.54) is 0 Å². The fourth-order valence-corrected chi connectivity index (χ4v) is 3.07. The van der Waals surface area contributed by atoms with Gasteiger partial charge in [0.2, 0.25) is 0 Å². The van der Waals surface area contributed by atoms with Gasteiger partial charge in [0, 0.05) is 29.8 Å². The van der Waals surface area contributed by atoms with Crippen molar-refractivity contribution in [2.75, 3.05) is 25.4 Å². The van der Waals surface area contributed by atoms with Crippen molar-refractivity contribution in [2.24, 2.45) is 0 Å². The van der Waals surface area contributed by atoms with Gasteiger partial charge in [0.25, 0.3) is 0 Å². The summed E-state index contributed by atoms with van der Waals surface area (Å²) in [5.74, 6) is 0.828. The molecule has 0 radical (unpaired) electrons. The van der Waals surface area contributed by atoms with Gasteiger partial charge in [-0.25, -0.2) is 4.39 Å². The molecule has 0 aliphatic carbocycles. The smallest absolute Gasteiger partial charge is 0.137 e. The third-order valence-corrected chi connectivity index (χ3v) is 4.43. The third-order valence-electron chi connectivity index (χ3n) is 3.30. The molecule has 0 aromatic heterocycles. The molecule has 1 N–H and O–H groups in total. The molecule has 114 valence electrons. The molecule has 0 bridgehead atoms. The van der Waals surface area contributed by atoms with Crippen molar-refractivity contribution in [3.63, 3.8) is 0 Å². The summed E-state index contributed by atoms with van der Waals surface area (Å²) in [4.78, 5) is 3.16. The van der Waals surface area contributed by atoms with Crippen LogP contribution in [0.2, 0.25) is 0 Å². The van der Waals surface area contributed by atoms with E-state index in [-0.39, 0.29) is 5.82 Å². The molecular formula is C16H27FN2S. The van der Waals surface area contributed by atoms with E-state index < -0.39 is 0 Å². The average molecular weight is 298 g/mol. The van der Waals surface area contributed by atoms with Gasteiger partial charge in [-0.1, -0.05) is 39.8 Å². The summed E-state index contributed by atoms with van der Waals surface area (Å²) in [5.41, 5.74) is 1.06. The average Bonchev–Trinajstić information content (AvgIpc) is 2.43. The molecule has 1 aromatic rings. The lowest BCUT2D eigenvalue weighted by molar-refractivity contribution is 0.324. The predicted octanol–water partition coefficient (Wildman–Crippen LogP) is 3.76. The Morgan fingerprint density at radius 1 is 1.25 bits per heavy atom. The summed E-state index contributed by atoms with van der Waals surface area (Å²) in [6.45, 7) is 12.4. The molecule has 1 aromatic carbocycles. The van der Waals surface area contributed by atoms with Gasteiger partial charge in [0.05, 0.1) is 0 Å². The summed E-state index contributed by atoms with van der Waals surface area (Å²) in [7, 11) is 0. The van der Waals surface area contributed by atoms with Gasteiger partial charge in [-0.15, -0.1) is 11.8 Å². The SMILES string of the molecule is CCN(CC)CCSc1c(F)cccc1CNC(C)C. The summed E-state index contributed by atoms with van der Waals surface area (Å²) in [5, 5.41) is 3.36. The zero-order valence-corrected chi connectivity index (χ0v) is 13.9. The number of hydrogen-bond acceptors (Lipinski definition) is 3. The molecule has 0 saturated carbocycles.